The molecule has 7 nitrogen and oxygen atoms in total. The molecule has 3 aromatic rings. The van der Waals surface area contributed by atoms with E-state index in [0.29, 0.717) is 43.1 Å². The van der Waals surface area contributed by atoms with E-state index in [0.717, 1.165) is 36.1 Å². The second-order valence-electron chi connectivity index (χ2n) is 9.96. The highest BCUT2D eigenvalue weighted by molar-refractivity contribution is 8.00. The van der Waals surface area contributed by atoms with Crippen LogP contribution in [-0.2, 0) is 22.6 Å². The molecule has 0 saturated heterocycles. The Labute approximate surface area is 248 Å². The SMILES string of the molecule is CCCCCCCN(Cn1c(CC)nc(-c2ccccc2)cc1=O)C(=O)c1ccc(SC(CC)C(=O)OCC)cc1. The van der Waals surface area contributed by atoms with Crippen molar-refractivity contribution in [1.29, 1.82) is 0 Å². The molecule has 220 valence electrons. The minimum absolute atomic E-state index is 0.129. The van der Waals surface area contributed by atoms with Gasteiger partial charge in [0.15, 0.2) is 0 Å². The molecule has 2 aromatic carbocycles. The molecular weight excluding hydrogens is 534 g/mol. The number of amides is 1. The first-order valence-electron chi connectivity index (χ1n) is 14.8. The Balaban J connectivity index is 1.83. The maximum atomic E-state index is 13.8. The molecule has 0 aliphatic rings. The van der Waals surface area contributed by atoms with Crippen LogP contribution in [0, 0.1) is 0 Å². The topological polar surface area (TPSA) is 81.5 Å². The van der Waals surface area contributed by atoms with Gasteiger partial charge in [0.05, 0.1) is 12.3 Å². The highest BCUT2D eigenvalue weighted by Crippen LogP contribution is 2.27. The molecule has 0 N–H and O–H groups in total. The van der Waals surface area contributed by atoms with Gasteiger partial charge in [-0.15, -0.1) is 11.8 Å². The Morgan fingerprint density at radius 3 is 2.29 bits per heavy atom. The van der Waals surface area contributed by atoms with E-state index in [1.807, 2.05) is 56.3 Å². The molecule has 41 heavy (non-hydrogen) atoms. The molecule has 0 radical (unpaired) electrons. The lowest BCUT2D eigenvalue weighted by atomic mass is 10.1. The van der Waals surface area contributed by atoms with Crippen molar-refractivity contribution >= 4 is 23.6 Å². The predicted molar refractivity (Wildman–Crippen MR) is 166 cm³/mol. The lowest BCUT2D eigenvalue weighted by molar-refractivity contribution is -0.142. The first kappa shape index (κ1) is 32.1. The molecule has 0 bridgehead atoms. The van der Waals surface area contributed by atoms with Crippen molar-refractivity contribution in [2.75, 3.05) is 13.2 Å². The maximum absolute atomic E-state index is 13.8. The number of nitrogens with zero attached hydrogens (tertiary/aromatic N) is 3. The Hall–Kier alpha value is -3.39. The zero-order valence-electron chi connectivity index (χ0n) is 24.8. The molecule has 8 heteroatoms. The van der Waals surface area contributed by atoms with Gasteiger partial charge in [0.25, 0.3) is 11.5 Å². The van der Waals surface area contributed by atoms with Crippen LogP contribution in [0.2, 0.25) is 0 Å². The first-order chi connectivity index (χ1) is 19.9. The van der Waals surface area contributed by atoms with E-state index in [9.17, 15) is 14.4 Å². The highest BCUT2D eigenvalue weighted by atomic mass is 32.2. The third kappa shape index (κ3) is 9.32. The number of aryl methyl sites for hydroxylation is 1. The fraction of sp³-hybridized carbons (Fsp3) is 0.455. The number of unbranched alkanes of at least 4 members (excludes halogenated alkanes) is 4. The van der Waals surface area contributed by atoms with Crippen molar-refractivity contribution in [3.05, 3.63) is 82.4 Å². The van der Waals surface area contributed by atoms with Crippen LogP contribution in [-0.4, -0.2) is 44.7 Å². The second-order valence-corrected chi connectivity index (χ2v) is 11.2. The van der Waals surface area contributed by atoms with Gasteiger partial charge in [-0.3, -0.25) is 19.0 Å². The van der Waals surface area contributed by atoms with Crippen molar-refractivity contribution in [2.24, 2.45) is 0 Å². The van der Waals surface area contributed by atoms with Gasteiger partial charge < -0.3 is 9.64 Å². The van der Waals surface area contributed by atoms with E-state index in [1.165, 1.54) is 18.2 Å². The summed E-state index contributed by atoms with van der Waals surface area (Å²) in [6.07, 6.45) is 6.56. The summed E-state index contributed by atoms with van der Waals surface area (Å²) in [5.74, 6) is 0.297. The number of aromatic nitrogens is 2. The molecule has 0 fully saturated rings. The van der Waals surface area contributed by atoms with Gasteiger partial charge in [-0.05, 0) is 44.0 Å². The minimum Gasteiger partial charge on any atom is -0.465 e. The Bertz CT molecular complexity index is 1310. The van der Waals surface area contributed by atoms with E-state index in [2.05, 4.69) is 6.92 Å². The van der Waals surface area contributed by atoms with Gasteiger partial charge in [-0.1, -0.05) is 76.8 Å². The largest absolute Gasteiger partial charge is 0.465 e. The lowest BCUT2D eigenvalue weighted by Gasteiger charge is -2.25. The summed E-state index contributed by atoms with van der Waals surface area (Å²) in [5.41, 5.74) is 1.91. The Morgan fingerprint density at radius 1 is 0.951 bits per heavy atom. The number of carbonyl (C=O) groups is 2. The molecule has 3 rings (SSSR count). The summed E-state index contributed by atoms with van der Waals surface area (Å²) in [4.78, 5) is 46.8. The van der Waals surface area contributed by atoms with Gasteiger partial charge in [0, 0.05) is 35.1 Å². The molecule has 0 saturated carbocycles. The van der Waals surface area contributed by atoms with Crippen LogP contribution >= 0.6 is 11.8 Å². The monoisotopic (exact) mass is 577 g/mol. The summed E-state index contributed by atoms with van der Waals surface area (Å²) in [5, 5.41) is -0.290. The number of carbonyl (C=O) groups excluding carboxylic acids is 2. The molecule has 1 aromatic heterocycles. The molecule has 0 aliphatic carbocycles. The normalized spacial score (nSPS) is 11.7. The third-order valence-corrected chi connectivity index (χ3v) is 8.26. The summed E-state index contributed by atoms with van der Waals surface area (Å²) in [7, 11) is 0. The van der Waals surface area contributed by atoms with Crippen LogP contribution in [0.1, 0.15) is 82.4 Å². The van der Waals surface area contributed by atoms with Gasteiger partial charge in [0.1, 0.15) is 17.7 Å². The van der Waals surface area contributed by atoms with Crippen LogP contribution in [0.3, 0.4) is 0 Å². The second kappa shape index (κ2) is 16.8. The molecule has 0 spiro atoms. The van der Waals surface area contributed by atoms with Crippen molar-refractivity contribution in [2.45, 2.75) is 89.5 Å². The molecule has 1 heterocycles. The van der Waals surface area contributed by atoms with Gasteiger partial charge >= 0.3 is 5.97 Å². The van der Waals surface area contributed by atoms with Crippen LogP contribution in [0.5, 0.6) is 0 Å². The number of esters is 1. The third-order valence-electron chi connectivity index (χ3n) is 6.90. The molecular formula is C33H43N3O4S. The van der Waals surface area contributed by atoms with Crippen molar-refractivity contribution in [3.8, 4) is 11.3 Å². The fourth-order valence-electron chi connectivity index (χ4n) is 4.60. The van der Waals surface area contributed by atoms with Gasteiger partial charge in [-0.25, -0.2) is 4.98 Å². The van der Waals surface area contributed by atoms with E-state index < -0.39 is 0 Å². The maximum Gasteiger partial charge on any atom is 0.319 e. The smallest absolute Gasteiger partial charge is 0.319 e. The standard InChI is InChI=1S/C33H43N3O4S/c1-5-9-10-11-15-22-35(24-36-30(7-3)34-28(23-31(36)37)25-16-13-12-14-17-25)32(38)26-18-20-27(21-19-26)41-29(6-2)33(39)40-8-4/h12-14,16-21,23,29H,5-11,15,22,24H2,1-4H3. The average molecular weight is 578 g/mol. The summed E-state index contributed by atoms with van der Waals surface area (Å²) in [6, 6.07) is 18.6. The van der Waals surface area contributed by atoms with Crippen molar-refractivity contribution in [3.63, 3.8) is 0 Å². The number of ether oxygens (including phenoxy) is 1. The zero-order valence-corrected chi connectivity index (χ0v) is 25.6. The molecule has 0 aliphatic heterocycles. The number of benzene rings is 2. The van der Waals surface area contributed by atoms with Crippen LogP contribution in [0.25, 0.3) is 11.3 Å². The fourth-order valence-corrected chi connectivity index (χ4v) is 5.55. The van der Waals surface area contributed by atoms with Crippen LogP contribution in [0.4, 0.5) is 0 Å². The number of hydrogen-bond acceptors (Lipinski definition) is 6. The van der Waals surface area contributed by atoms with E-state index in [1.54, 1.807) is 34.6 Å². The van der Waals surface area contributed by atoms with E-state index in [4.69, 9.17) is 9.72 Å². The highest BCUT2D eigenvalue weighted by Gasteiger charge is 2.21. The summed E-state index contributed by atoms with van der Waals surface area (Å²) in [6.45, 7) is 8.96. The van der Waals surface area contributed by atoms with E-state index >= 15 is 0 Å². The van der Waals surface area contributed by atoms with Crippen LogP contribution in [0.15, 0.2) is 70.4 Å². The molecule has 1 unspecified atom stereocenters. The van der Waals surface area contributed by atoms with Crippen molar-refractivity contribution < 1.29 is 14.3 Å². The Kier molecular flexibility index (Phi) is 13.1. The first-order valence-corrected chi connectivity index (χ1v) is 15.7. The van der Waals surface area contributed by atoms with Crippen molar-refractivity contribution in [1.82, 2.24) is 14.5 Å². The average Bonchev–Trinajstić information content (AvgIpc) is 3.00. The van der Waals surface area contributed by atoms with Gasteiger partial charge in [-0.2, -0.15) is 0 Å². The molecule has 1 amide bonds. The molecule has 1 atom stereocenters. The number of thioether (sulfide) groups is 1. The number of hydrogen-bond donors (Lipinski definition) is 0. The Morgan fingerprint density at radius 2 is 1.66 bits per heavy atom. The lowest BCUT2D eigenvalue weighted by Crippen LogP contribution is -2.39. The van der Waals surface area contributed by atoms with Crippen LogP contribution < -0.4 is 5.56 Å². The summed E-state index contributed by atoms with van der Waals surface area (Å²) < 4.78 is 6.80. The predicted octanol–water partition coefficient (Wildman–Crippen LogP) is 6.98. The zero-order chi connectivity index (χ0) is 29.6. The minimum atomic E-state index is -0.290. The van der Waals surface area contributed by atoms with Gasteiger partial charge in [0.2, 0.25) is 0 Å². The quantitative estimate of drug-likeness (QED) is 0.104. The number of rotatable bonds is 16. The van der Waals surface area contributed by atoms with E-state index in [-0.39, 0.29) is 29.4 Å². The summed E-state index contributed by atoms with van der Waals surface area (Å²) >= 11 is 1.44.